The minimum Gasteiger partial charge on any atom is -0.462 e. The van der Waals surface area contributed by atoms with E-state index in [1.54, 1.807) is 0 Å². The van der Waals surface area contributed by atoms with Gasteiger partial charge in [-0.3, -0.25) is 0 Å². The molecule has 108 valence electrons. The Balaban J connectivity index is 1.47. The van der Waals surface area contributed by atoms with Crippen LogP contribution in [0.15, 0.2) is 16.5 Å². The molecular weight excluding hydrogens is 242 g/mol. The lowest BCUT2D eigenvalue weighted by molar-refractivity contribution is 0.0272. The molecule has 0 aliphatic heterocycles. The molecule has 0 spiro atoms. The molecule has 0 aromatic carbocycles. The van der Waals surface area contributed by atoms with Gasteiger partial charge in [-0.1, -0.05) is 19.3 Å². The highest BCUT2D eigenvalue weighted by Gasteiger charge is 2.12. The van der Waals surface area contributed by atoms with Gasteiger partial charge in [0.1, 0.15) is 18.1 Å². The summed E-state index contributed by atoms with van der Waals surface area (Å²) in [6.45, 7) is 2.46. The highest BCUT2D eigenvalue weighted by atomic mass is 16.5. The molecule has 1 saturated carbocycles. The fourth-order valence-electron chi connectivity index (χ4n) is 2.49. The van der Waals surface area contributed by atoms with E-state index in [9.17, 15) is 0 Å². The predicted octanol–water partition coefficient (Wildman–Crippen LogP) is 2.60. The number of aliphatic hydroxyl groups excluding tert-OH is 1. The standard InChI is InChI=1S/C15H25NO3/c17-12-15-8-7-14(19-15)11-16-9-4-10-18-13-5-2-1-3-6-13/h7-8,13,16-17H,1-6,9-12H2. The van der Waals surface area contributed by atoms with Crippen molar-refractivity contribution >= 4 is 0 Å². The van der Waals surface area contributed by atoms with Crippen LogP contribution < -0.4 is 5.32 Å². The van der Waals surface area contributed by atoms with Crippen LogP contribution in [0.1, 0.15) is 50.0 Å². The van der Waals surface area contributed by atoms with Crippen LogP contribution in [0, 0.1) is 0 Å². The van der Waals surface area contributed by atoms with E-state index in [1.165, 1.54) is 32.1 Å². The van der Waals surface area contributed by atoms with Crippen molar-refractivity contribution in [3.05, 3.63) is 23.7 Å². The number of rotatable bonds is 8. The zero-order valence-electron chi connectivity index (χ0n) is 11.6. The van der Waals surface area contributed by atoms with Gasteiger partial charge in [0, 0.05) is 6.61 Å². The van der Waals surface area contributed by atoms with Crippen LogP contribution in [-0.4, -0.2) is 24.4 Å². The molecule has 0 atom stereocenters. The molecule has 1 aromatic heterocycles. The Kier molecular flexibility index (Phi) is 6.41. The summed E-state index contributed by atoms with van der Waals surface area (Å²) in [5, 5.41) is 12.2. The molecule has 0 bridgehead atoms. The van der Waals surface area contributed by atoms with Crippen molar-refractivity contribution in [3.63, 3.8) is 0 Å². The van der Waals surface area contributed by atoms with E-state index in [4.69, 9.17) is 14.3 Å². The quantitative estimate of drug-likeness (QED) is 0.711. The number of aliphatic hydroxyl groups is 1. The Labute approximate surface area is 115 Å². The summed E-state index contributed by atoms with van der Waals surface area (Å²) >= 11 is 0. The van der Waals surface area contributed by atoms with Gasteiger partial charge in [0.15, 0.2) is 0 Å². The zero-order chi connectivity index (χ0) is 13.3. The molecule has 0 saturated heterocycles. The molecule has 2 N–H and O–H groups in total. The van der Waals surface area contributed by atoms with Crippen molar-refractivity contribution < 1.29 is 14.3 Å². The smallest absolute Gasteiger partial charge is 0.129 e. The summed E-state index contributed by atoms with van der Waals surface area (Å²) in [4.78, 5) is 0. The third kappa shape index (κ3) is 5.35. The molecule has 1 heterocycles. The predicted molar refractivity (Wildman–Crippen MR) is 73.8 cm³/mol. The van der Waals surface area contributed by atoms with E-state index in [0.29, 0.717) is 18.4 Å². The van der Waals surface area contributed by atoms with Crippen molar-refractivity contribution in [1.82, 2.24) is 5.32 Å². The van der Waals surface area contributed by atoms with Crippen LogP contribution in [0.3, 0.4) is 0 Å². The van der Waals surface area contributed by atoms with Gasteiger partial charge in [-0.05, 0) is 37.9 Å². The monoisotopic (exact) mass is 267 g/mol. The van der Waals surface area contributed by atoms with E-state index in [0.717, 1.165) is 25.3 Å². The molecule has 1 aromatic rings. The molecule has 4 heteroatoms. The van der Waals surface area contributed by atoms with Gasteiger partial charge in [0.05, 0.1) is 12.6 Å². The number of ether oxygens (including phenoxy) is 1. The summed E-state index contributed by atoms with van der Waals surface area (Å²) in [5.74, 6) is 1.50. The Morgan fingerprint density at radius 2 is 2.00 bits per heavy atom. The fraction of sp³-hybridized carbons (Fsp3) is 0.733. The van der Waals surface area contributed by atoms with Gasteiger partial charge in [-0.25, -0.2) is 0 Å². The van der Waals surface area contributed by atoms with E-state index < -0.39 is 0 Å². The lowest BCUT2D eigenvalue weighted by atomic mass is 9.98. The minimum atomic E-state index is -0.0325. The number of hydrogen-bond acceptors (Lipinski definition) is 4. The highest BCUT2D eigenvalue weighted by Crippen LogP contribution is 2.20. The third-order valence-corrected chi connectivity index (χ3v) is 3.58. The normalized spacial score (nSPS) is 16.9. The highest BCUT2D eigenvalue weighted by molar-refractivity contribution is 5.05. The largest absolute Gasteiger partial charge is 0.462 e. The Bertz CT molecular complexity index is 345. The maximum Gasteiger partial charge on any atom is 0.129 e. The van der Waals surface area contributed by atoms with E-state index in [1.807, 2.05) is 12.1 Å². The maximum atomic E-state index is 8.89. The van der Waals surface area contributed by atoms with Crippen LogP contribution in [0.5, 0.6) is 0 Å². The molecule has 0 amide bonds. The SMILES string of the molecule is OCc1ccc(CNCCCOC2CCCCC2)o1. The topological polar surface area (TPSA) is 54.6 Å². The Morgan fingerprint density at radius 1 is 1.21 bits per heavy atom. The van der Waals surface area contributed by atoms with Gasteiger partial charge < -0.3 is 19.6 Å². The van der Waals surface area contributed by atoms with Gasteiger partial charge in [0.25, 0.3) is 0 Å². The Hall–Kier alpha value is -0.840. The van der Waals surface area contributed by atoms with Crippen LogP contribution in [-0.2, 0) is 17.9 Å². The molecular formula is C15H25NO3. The summed E-state index contributed by atoms with van der Waals surface area (Å²) < 4.78 is 11.3. The molecule has 1 fully saturated rings. The van der Waals surface area contributed by atoms with Crippen LogP contribution in [0.2, 0.25) is 0 Å². The van der Waals surface area contributed by atoms with Crippen molar-refractivity contribution in [2.75, 3.05) is 13.2 Å². The van der Waals surface area contributed by atoms with Gasteiger partial charge in [-0.15, -0.1) is 0 Å². The summed E-state index contributed by atoms with van der Waals surface area (Å²) in [6, 6.07) is 3.71. The minimum absolute atomic E-state index is 0.0325. The first-order valence-electron chi connectivity index (χ1n) is 7.39. The van der Waals surface area contributed by atoms with Crippen molar-refractivity contribution in [1.29, 1.82) is 0 Å². The second-order valence-electron chi connectivity index (χ2n) is 5.19. The second kappa shape index (κ2) is 8.35. The average molecular weight is 267 g/mol. The molecule has 1 aliphatic carbocycles. The first kappa shape index (κ1) is 14.6. The lowest BCUT2D eigenvalue weighted by Crippen LogP contribution is -2.20. The van der Waals surface area contributed by atoms with Crippen LogP contribution >= 0.6 is 0 Å². The Morgan fingerprint density at radius 3 is 2.74 bits per heavy atom. The van der Waals surface area contributed by atoms with Gasteiger partial charge in [-0.2, -0.15) is 0 Å². The van der Waals surface area contributed by atoms with Gasteiger partial charge >= 0.3 is 0 Å². The molecule has 19 heavy (non-hydrogen) atoms. The number of nitrogens with one attached hydrogen (secondary N) is 1. The van der Waals surface area contributed by atoms with Crippen molar-refractivity contribution in [3.8, 4) is 0 Å². The molecule has 1 aliphatic rings. The van der Waals surface area contributed by atoms with Crippen LogP contribution in [0.4, 0.5) is 0 Å². The molecule has 0 unspecified atom stereocenters. The second-order valence-corrected chi connectivity index (χ2v) is 5.19. The van der Waals surface area contributed by atoms with Crippen molar-refractivity contribution in [2.24, 2.45) is 0 Å². The van der Waals surface area contributed by atoms with E-state index >= 15 is 0 Å². The summed E-state index contributed by atoms with van der Waals surface area (Å²) in [6.07, 6.45) is 8.05. The first-order valence-corrected chi connectivity index (χ1v) is 7.39. The van der Waals surface area contributed by atoms with Gasteiger partial charge in [0.2, 0.25) is 0 Å². The van der Waals surface area contributed by atoms with Crippen LogP contribution in [0.25, 0.3) is 0 Å². The maximum absolute atomic E-state index is 8.89. The van der Waals surface area contributed by atoms with Crippen molar-refractivity contribution in [2.45, 2.75) is 57.8 Å². The zero-order valence-corrected chi connectivity index (χ0v) is 11.6. The van der Waals surface area contributed by atoms with E-state index in [-0.39, 0.29) is 6.61 Å². The number of furan rings is 1. The third-order valence-electron chi connectivity index (χ3n) is 3.58. The summed E-state index contributed by atoms with van der Waals surface area (Å²) in [5.41, 5.74) is 0. The summed E-state index contributed by atoms with van der Waals surface area (Å²) in [7, 11) is 0. The lowest BCUT2D eigenvalue weighted by Gasteiger charge is -2.21. The molecule has 2 rings (SSSR count). The van der Waals surface area contributed by atoms with E-state index in [2.05, 4.69) is 5.32 Å². The number of hydrogen-bond donors (Lipinski definition) is 2. The molecule has 0 radical (unpaired) electrons. The fourth-order valence-corrected chi connectivity index (χ4v) is 2.49. The molecule has 4 nitrogen and oxygen atoms in total. The first-order chi connectivity index (χ1) is 9.38. The average Bonchev–Trinajstić information content (AvgIpc) is 2.92.